The van der Waals surface area contributed by atoms with Gasteiger partial charge in [0.1, 0.15) is 12.4 Å². The number of amides is 2. The standard InChI is InChI=1S/C25H33ClN2O4S/c1-17(2)25(30)27(10-5-12-31-4)15-24(29)28-11-8-23-20(9-13-33-23)22(28)16-32-19-6-7-21(26)18(3)14-19/h6-7,9,13-14,17,22H,5,8,10-12,15-16H2,1-4H3. The largest absolute Gasteiger partial charge is 0.491 e. The van der Waals surface area contributed by atoms with Crippen LogP contribution in [0.1, 0.15) is 42.3 Å². The fourth-order valence-corrected chi connectivity index (χ4v) is 5.09. The molecule has 1 aromatic heterocycles. The van der Waals surface area contributed by atoms with Crippen molar-refractivity contribution in [1.29, 1.82) is 0 Å². The monoisotopic (exact) mass is 492 g/mol. The van der Waals surface area contributed by atoms with Crippen molar-refractivity contribution in [2.24, 2.45) is 5.92 Å². The van der Waals surface area contributed by atoms with Gasteiger partial charge in [-0.2, -0.15) is 0 Å². The Bertz CT molecular complexity index is 962. The number of thiophene rings is 1. The molecule has 6 nitrogen and oxygen atoms in total. The highest BCUT2D eigenvalue weighted by molar-refractivity contribution is 7.10. The molecule has 1 unspecified atom stereocenters. The van der Waals surface area contributed by atoms with E-state index < -0.39 is 0 Å². The molecule has 0 saturated carbocycles. The first-order chi connectivity index (χ1) is 15.8. The van der Waals surface area contributed by atoms with Gasteiger partial charge in [-0.3, -0.25) is 9.59 Å². The lowest BCUT2D eigenvalue weighted by Gasteiger charge is -2.37. The van der Waals surface area contributed by atoms with Crippen LogP contribution in [0.25, 0.3) is 0 Å². The summed E-state index contributed by atoms with van der Waals surface area (Å²) in [7, 11) is 1.64. The topological polar surface area (TPSA) is 59.1 Å². The molecule has 1 atom stereocenters. The molecule has 3 rings (SSSR count). The molecule has 8 heteroatoms. The molecule has 0 radical (unpaired) electrons. The number of methoxy groups -OCH3 is 1. The summed E-state index contributed by atoms with van der Waals surface area (Å²) < 4.78 is 11.2. The van der Waals surface area contributed by atoms with E-state index in [1.807, 2.05) is 43.9 Å². The van der Waals surface area contributed by atoms with Crippen LogP contribution in [-0.2, 0) is 20.7 Å². The molecule has 0 spiro atoms. The lowest BCUT2D eigenvalue weighted by molar-refractivity contribution is -0.144. The van der Waals surface area contributed by atoms with E-state index >= 15 is 0 Å². The van der Waals surface area contributed by atoms with Crippen molar-refractivity contribution >= 4 is 34.8 Å². The summed E-state index contributed by atoms with van der Waals surface area (Å²) in [4.78, 5) is 31.0. The third-order valence-corrected chi connectivity index (χ3v) is 7.28. The van der Waals surface area contributed by atoms with E-state index in [1.54, 1.807) is 23.3 Å². The van der Waals surface area contributed by atoms with Gasteiger partial charge in [0.25, 0.3) is 0 Å². The second kappa shape index (κ2) is 11.9. The number of rotatable bonds is 10. The molecule has 0 saturated heterocycles. The van der Waals surface area contributed by atoms with Crippen molar-refractivity contribution in [1.82, 2.24) is 9.80 Å². The number of aryl methyl sites for hydroxylation is 1. The maximum absolute atomic E-state index is 13.5. The van der Waals surface area contributed by atoms with Gasteiger partial charge in [-0.15, -0.1) is 11.3 Å². The normalized spacial score (nSPS) is 15.5. The van der Waals surface area contributed by atoms with E-state index in [1.165, 1.54) is 4.88 Å². The van der Waals surface area contributed by atoms with Crippen LogP contribution in [0, 0.1) is 12.8 Å². The Hall–Kier alpha value is -2.09. The molecule has 2 amide bonds. The van der Waals surface area contributed by atoms with Gasteiger partial charge in [-0.1, -0.05) is 25.4 Å². The maximum Gasteiger partial charge on any atom is 0.242 e. The first-order valence-corrected chi connectivity index (χ1v) is 12.6. The predicted octanol–water partition coefficient (Wildman–Crippen LogP) is 4.74. The average molecular weight is 493 g/mol. The molecule has 33 heavy (non-hydrogen) atoms. The maximum atomic E-state index is 13.5. The quantitative estimate of drug-likeness (QED) is 0.450. The Morgan fingerprint density at radius 1 is 1.30 bits per heavy atom. The van der Waals surface area contributed by atoms with Crippen LogP contribution in [0.4, 0.5) is 0 Å². The fraction of sp³-hybridized carbons (Fsp3) is 0.520. The van der Waals surface area contributed by atoms with Gasteiger partial charge in [0.15, 0.2) is 0 Å². The van der Waals surface area contributed by atoms with E-state index in [9.17, 15) is 9.59 Å². The molecular weight excluding hydrogens is 460 g/mol. The summed E-state index contributed by atoms with van der Waals surface area (Å²) in [5, 5.41) is 2.76. The van der Waals surface area contributed by atoms with Crippen LogP contribution in [0.15, 0.2) is 29.6 Å². The second-order valence-corrected chi connectivity index (χ2v) is 10.0. The van der Waals surface area contributed by atoms with Gasteiger partial charge < -0.3 is 19.3 Å². The molecule has 0 bridgehead atoms. The summed E-state index contributed by atoms with van der Waals surface area (Å²) in [5.41, 5.74) is 2.08. The fourth-order valence-electron chi connectivity index (χ4n) is 4.04. The molecular formula is C25H33ClN2O4S. The van der Waals surface area contributed by atoms with Crippen LogP contribution in [0.3, 0.4) is 0 Å². The number of fused-ring (bicyclic) bond motifs is 1. The Labute approximate surface area is 205 Å². The average Bonchev–Trinajstić information content (AvgIpc) is 3.27. The molecule has 0 aliphatic carbocycles. The number of ether oxygens (including phenoxy) is 2. The van der Waals surface area contributed by atoms with Gasteiger partial charge in [0.05, 0.1) is 12.6 Å². The molecule has 2 heterocycles. The van der Waals surface area contributed by atoms with E-state index in [0.717, 1.165) is 23.3 Å². The number of halogens is 1. The van der Waals surface area contributed by atoms with Gasteiger partial charge in [-0.25, -0.2) is 0 Å². The van der Waals surface area contributed by atoms with Crippen molar-refractivity contribution in [3.63, 3.8) is 0 Å². The number of nitrogens with zero attached hydrogens (tertiary/aromatic N) is 2. The minimum absolute atomic E-state index is 0.0166. The molecule has 1 aromatic carbocycles. The Morgan fingerprint density at radius 3 is 2.79 bits per heavy atom. The Kier molecular flexibility index (Phi) is 9.18. The molecule has 180 valence electrons. The van der Waals surface area contributed by atoms with Crippen LogP contribution in [-0.4, -0.2) is 61.6 Å². The number of hydrogen-bond acceptors (Lipinski definition) is 5. The van der Waals surface area contributed by atoms with Gasteiger partial charge in [0, 0.05) is 42.6 Å². The number of benzene rings is 1. The summed E-state index contributed by atoms with van der Waals surface area (Å²) in [6.45, 7) is 7.73. The zero-order valence-corrected chi connectivity index (χ0v) is 21.4. The van der Waals surface area contributed by atoms with Crippen molar-refractivity contribution in [3.8, 4) is 5.75 Å². The first-order valence-electron chi connectivity index (χ1n) is 11.3. The minimum Gasteiger partial charge on any atom is -0.491 e. The summed E-state index contributed by atoms with van der Waals surface area (Å²) in [5.74, 6) is 0.483. The Morgan fingerprint density at radius 2 is 2.09 bits per heavy atom. The van der Waals surface area contributed by atoms with Crippen molar-refractivity contribution < 1.29 is 19.1 Å². The van der Waals surface area contributed by atoms with E-state index in [0.29, 0.717) is 37.7 Å². The van der Waals surface area contributed by atoms with E-state index in [2.05, 4.69) is 11.4 Å². The highest BCUT2D eigenvalue weighted by Gasteiger charge is 2.33. The third kappa shape index (κ3) is 6.49. The third-order valence-electron chi connectivity index (χ3n) is 5.86. The lowest BCUT2D eigenvalue weighted by Crippen LogP contribution is -2.48. The van der Waals surface area contributed by atoms with Crippen molar-refractivity contribution in [2.75, 3.05) is 40.0 Å². The highest BCUT2D eigenvalue weighted by atomic mass is 35.5. The van der Waals surface area contributed by atoms with Crippen molar-refractivity contribution in [2.45, 2.75) is 39.7 Å². The molecule has 0 fully saturated rings. The lowest BCUT2D eigenvalue weighted by atomic mass is 10.00. The molecule has 0 N–H and O–H groups in total. The van der Waals surface area contributed by atoms with Gasteiger partial charge in [-0.05, 0) is 60.5 Å². The van der Waals surface area contributed by atoms with Crippen LogP contribution in [0.5, 0.6) is 5.75 Å². The number of carbonyl (C=O) groups excluding carboxylic acids is 2. The Balaban J connectivity index is 1.75. The zero-order chi connectivity index (χ0) is 24.0. The van der Waals surface area contributed by atoms with E-state index in [4.69, 9.17) is 21.1 Å². The van der Waals surface area contributed by atoms with Crippen LogP contribution < -0.4 is 4.74 Å². The highest BCUT2D eigenvalue weighted by Crippen LogP contribution is 2.34. The van der Waals surface area contributed by atoms with Crippen LogP contribution in [0.2, 0.25) is 5.02 Å². The van der Waals surface area contributed by atoms with Crippen molar-refractivity contribution in [3.05, 3.63) is 50.7 Å². The van der Waals surface area contributed by atoms with E-state index in [-0.39, 0.29) is 30.3 Å². The summed E-state index contributed by atoms with van der Waals surface area (Å²) >= 11 is 7.86. The molecule has 1 aliphatic rings. The second-order valence-electron chi connectivity index (χ2n) is 8.63. The first kappa shape index (κ1) is 25.5. The molecule has 2 aromatic rings. The number of carbonyl (C=O) groups is 2. The smallest absolute Gasteiger partial charge is 0.242 e. The zero-order valence-electron chi connectivity index (χ0n) is 19.8. The van der Waals surface area contributed by atoms with Gasteiger partial charge in [0.2, 0.25) is 11.8 Å². The predicted molar refractivity (Wildman–Crippen MR) is 132 cm³/mol. The van der Waals surface area contributed by atoms with Gasteiger partial charge >= 0.3 is 0 Å². The number of hydrogen-bond donors (Lipinski definition) is 0. The summed E-state index contributed by atoms with van der Waals surface area (Å²) in [6.07, 6.45) is 1.51. The SMILES string of the molecule is COCCCN(CC(=O)N1CCc2sccc2C1COc1ccc(Cl)c(C)c1)C(=O)C(C)C. The minimum atomic E-state index is -0.196. The van der Waals surface area contributed by atoms with Crippen LogP contribution >= 0.6 is 22.9 Å². The molecule has 1 aliphatic heterocycles. The summed E-state index contributed by atoms with van der Waals surface area (Å²) in [6, 6.07) is 7.46.